The molecule has 66 valence electrons. The van der Waals surface area contributed by atoms with Crippen LogP contribution in [0.4, 0.5) is 0 Å². The fourth-order valence-corrected chi connectivity index (χ4v) is 1.90. The van der Waals surface area contributed by atoms with Crippen molar-refractivity contribution in [1.29, 1.82) is 0 Å². The van der Waals surface area contributed by atoms with Gasteiger partial charge in [-0.1, -0.05) is 6.92 Å². The zero-order valence-corrected chi connectivity index (χ0v) is 8.32. The van der Waals surface area contributed by atoms with Crippen LogP contribution in [0.15, 0.2) is 0 Å². The molecule has 0 aromatic heterocycles. The topological polar surface area (TPSA) is 3.24 Å². The van der Waals surface area contributed by atoms with E-state index in [1.807, 2.05) is 0 Å². The second-order valence-corrected chi connectivity index (χ2v) is 4.07. The second-order valence-electron chi connectivity index (χ2n) is 3.63. The summed E-state index contributed by atoms with van der Waals surface area (Å²) < 4.78 is 0. The Bertz CT molecular complexity index is 106. The minimum Gasteiger partial charge on any atom is -0.303 e. The third-order valence-corrected chi connectivity index (χ3v) is 2.71. The molecular weight excluding hydrogens is 154 g/mol. The number of thiol groups is 1. The lowest BCUT2D eigenvalue weighted by atomic mass is 10.2. The molecule has 1 aliphatic rings. The molecule has 0 N–H and O–H groups in total. The van der Waals surface area contributed by atoms with Crippen LogP contribution < -0.4 is 0 Å². The molecule has 0 spiro atoms. The fourth-order valence-electron chi connectivity index (χ4n) is 1.68. The van der Waals surface area contributed by atoms with Crippen LogP contribution in [0.25, 0.3) is 0 Å². The molecule has 1 nitrogen and oxygen atoms in total. The minimum absolute atomic E-state index is 0.936. The molecule has 2 heteroatoms. The Balaban J connectivity index is 1.99. The highest BCUT2D eigenvalue weighted by molar-refractivity contribution is 7.80. The van der Waals surface area contributed by atoms with Crippen LogP contribution in [-0.2, 0) is 0 Å². The summed E-state index contributed by atoms with van der Waals surface area (Å²) >= 11 is 4.20. The van der Waals surface area contributed by atoms with E-state index < -0.39 is 0 Å². The largest absolute Gasteiger partial charge is 0.303 e. The molecule has 1 saturated heterocycles. The molecule has 0 saturated carbocycles. The zero-order chi connectivity index (χ0) is 8.10. The summed E-state index contributed by atoms with van der Waals surface area (Å²) in [6.45, 7) is 6.30. The summed E-state index contributed by atoms with van der Waals surface area (Å²) in [5.74, 6) is 1.98. The van der Waals surface area contributed by atoms with Crippen LogP contribution in [0, 0.1) is 5.92 Å². The van der Waals surface area contributed by atoms with Gasteiger partial charge in [-0.2, -0.15) is 12.6 Å². The van der Waals surface area contributed by atoms with Crippen LogP contribution in [0.3, 0.4) is 0 Å². The number of likely N-dealkylation sites (tertiary alicyclic amines) is 1. The third-order valence-electron chi connectivity index (χ3n) is 2.39. The molecule has 1 unspecified atom stereocenters. The predicted molar refractivity (Wildman–Crippen MR) is 53.3 cm³/mol. The predicted octanol–water partition coefficient (Wildman–Crippen LogP) is 2.04. The van der Waals surface area contributed by atoms with Crippen LogP contribution in [0.1, 0.15) is 26.2 Å². The maximum absolute atomic E-state index is 4.20. The van der Waals surface area contributed by atoms with E-state index in [0.29, 0.717) is 0 Å². The molecule has 0 aromatic carbocycles. The van der Waals surface area contributed by atoms with Crippen LogP contribution in [0.5, 0.6) is 0 Å². The van der Waals surface area contributed by atoms with Crippen molar-refractivity contribution >= 4 is 12.6 Å². The fraction of sp³-hybridized carbons (Fsp3) is 1.00. The van der Waals surface area contributed by atoms with Crippen molar-refractivity contribution in [1.82, 2.24) is 4.90 Å². The zero-order valence-electron chi connectivity index (χ0n) is 7.42. The maximum Gasteiger partial charge on any atom is 0.000750 e. The Morgan fingerprint density at radius 3 is 2.82 bits per heavy atom. The van der Waals surface area contributed by atoms with E-state index in [-0.39, 0.29) is 0 Å². The maximum atomic E-state index is 4.20. The van der Waals surface area contributed by atoms with Gasteiger partial charge in [0.05, 0.1) is 0 Å². The lowest BCUT2D eigenvalue weighted by Gasteiger charge is -2.13. The summed E-state index contributed by atoms with van der Waals surface area (Å²) in [4.78, 5) is 2.58. The normalized spacial score (nSPS) is 26.2. The summed E-state index contributed by atoms with van der Waals surface area (Å²) in [7, 11) is 0. The average Bonchev–Trinajstić information content (AvgIpc) is 2.37. The molecule has 0 bridgehead atoms. The number of hydrogen-bond donors (Lipinski definition) is 1. The number of nitrogens with zero attached hydrogens (tertiary/aromatic N) is 1. The van der Waals surface area contributed by atoms with Gasteiger partial charge in [0.2, 0.25) is 0 Å². The van der Waals surface area contributed by atoms with Crippen LogP contribution >= 0.6 is 12.6 Å². The highest BCUT2D eigenvalue weighted by Gasteiger charge is 2.17. The first-order valence-electron chi connectivity index (χ1n) is 4.66. The van der Waals surface area contributed by atoms with Gasteiger partial charge < -0.3 is 4.90 Å². The van der Waals surface area contributed by atoms with Gasteiger partial charge in [0.25, 0.3) is 0 Å². The first kappa shape index (κ1) is 9.40. The highest BCUT2D eigenvalue weighted by Crippen LogP contribution is 2.15. The Morgan fingerprint density at radius 2 is 2.27 bits per heavy atom. The van der Waals surface area contributed by atoms with E-state index in [0.717, 1.165) is 11.7 Å². The quantitative estimate of drug-likeness (QED) is 0.503. The molecular formula is C9H19NS. The number of rotatable bonds is 4. The van der Waals surface area contributed by atoms with Crippen molar-refractivity contribution in [3.63, 3.8) is 0 Å². The van der Waals surface area contributed by atoms with Crippen LogP contribution in [0.2, 0.25) is 0 Å². The van der Waals surface area contributed by atoms with Crippen molar-refractivity contribution in [2.24, 2.45) is 5.92 Å². The average molecular weight is 173 g/mol. The first-order valence-corrected chi connectivity index (χ1v) is 5.29. The van der Waals surface area contributed by atoms with Crippen LogP contribution in [-0.4, -0.2) is 30.3 Å². The van der Waals surface area contributed by atoms with Gasteiger partial charge in [-0.15, -0.1) is 0 Å². The Morgan fingerprint density at radius 1 is 1.45 bits per heavy atom. The molecule has 0 amide bonds. The third kappa shape index (κ3) is 3.48. The van der Waals surface area contributed by atoms with Gasteiger partial charge in [-0.05, 0) is 44.0 Å². The Labute approximate surface area is 75.6 Å². The summed E-state index contributed by atoms with van der Waals surface area (Å²) in [5.41, 5.74) is 0. The molecule has 1 rings (SSSR count). The monoisotopic (exact) mass is 173 g/mol. The van der Waals surface area contributed by atoms with E-state index in [1.54, 1.807) is 0 Å². The molecule has 1 atom stereocenters. The molecule has 0 radical (unpaired) electrons. The van der Waals surface area contributed by atoms with Crippen molar-refractivity contribution < 1.29 is 0 Å². The van der Waals surface area contributed by atoms with Gasteiger partial charge in [-0.3, -0.25) is 0 Å². The van der Waals surface area contributed by atoms with Crippen molar-refractivity contribution in [2.75, 3.05) is 25.4 Å². The molecule has 1 aliphatic heterocycles. The van der Waals surface area contributed by atoms with E-state index in [9.17, 15) is 0 Å². The first-order chi connectivity index (χ1) is 5.33. The lowest BCUT2D eigenvalue weighted by Crippen LogP contribution is -2.21. The lowest BCUT2D eigenvalue weighted by molar-refractivity contribution is 0.322. The standard InChI is InChI=1S/C9H19NS/c1-9-4-6-10(8-9)5-2-3-7-11/h9,11H,2-8H2,1H3. The Kier molecular flexibility index (Phi) is 4.31. The van der Waals surface area contributed by atoms with E-state index in [1.165, 1.54) is 38.9 Å². The molecule has 11 heavy (non-hydrogen) atoms. The Hall–Kier alpha value is 0.310. The van der Waals surface area contributed by atoms with Gasteiger partial charge >= 0.3 is 0 Å². The van der Waals surface area contributed by atoms with E-state index in [4.69, 9.17) is 0 Å². The van der Waals surface area contributed by atoms with Gasteiger partial charge in [0.1, 0.15) is 0 Å². The summed E-state index contributed by atoms with van der Waals surface area (Å²) in [6.07, 6.45) is 4.01. The highest BCUT2D eigenvalue weighted by atomic mass is 32.1. The number of unbranched alkanes of at least 4 members (excludes halogenated alkanes) is 1. The second kappa shape index (κ2) is 5.04. The van der Waals surface area contributed by atoms with Gasteiger partial charge in [0, 0.05) is 6.54 Å². The minimum atomic E-state index is 0.936. The molecule has 0 aliphatic carbocycles. The molecule has 1 heterocycles. The summed E-state index contributed by atoms with van der Waals surface area (Å²) in [5, 5.41) is 0. The summed E-state index contributed by atoms with van der Waals surface area (Å²) in [6, 6.07) is 0. The molecule has 1 fully saturated rings. The van der Waals surface area contributed by atoms with Gasteiger partial charge in [-0.25, -0.2) is 0 Å². The van der Waals surface area contributed by atoms with Crippen molar-refractivity contribution in [2.45, 2.75) is 26.2 Å². The van der Waals surface area contributed by atoms with E-state index in [2.05, 4.69) is 24.5 Å². The molecule has 0 aromatic rings. The number of hydrogen-bond acceptors (Lipinski definition) is 2. The van der Waals surface area contributed by atoms with Crippen molar-refractivity contribution in [3.05, 3.63) is 0 Å². The van der Waals surface area contributed by atoms with Crippen molar-refractivity contribution in [3.8, 4) is 0 Å². The van der Waals surface area contributed by atoms with Gasteiger partial charge in [0.15, 0.2) is 0 Å². The van der Waals surface area contributed by atoms with E-state index >= 15 is 0 Å². The SMILES string of the molecule is CC1CCN(CCCCS)C1. The smallest absolute Gasteiger partial charge is 0.000750 e.